The van der Waals surface area contributed by atoms with Gasteiger partial charge in [0.15, 0.2) is 0 Å². The number of nitrogens with one attached hydrogen (secondary N) is 1. The average Bonchev–Trinajstić information content (AvgIpc) is 2.95. The molecule has 1 fully saturated rings. The molecule has 1 aliphatic rings. The van der Waals surface area contributed by atoms with E-state index in [0.717, 1.165) is 5.56 Å². The summed E-state index contributed by atoms with van der Waals surface area (Å²) in [4.78, 5) is 23.2. The van der Waals surface area contributed by atoms with Crippen molar-refractivity contribution in [3.05, 3.63) is 34.9 Å². The van der Waals surface area contributed by atoms with Crippen molar-refractivity contribution in [2.24, 2.45) is 11.8 Å². The third-order valence-electron chi connectivity index (χ3n) is 4.48. The maximum absolute atomic E-state index is 12.2. The number of benzene rings is 1. The zero-order valence-electron chi connectivity index (χ0n) is 12.9. The van der Waals surface area contributed by atoms with Gasteiger partial charge in [0.1, 0.15) is 0 Å². The topological polar surface area (TPSA) is 66.4 Å². The molecule has 1 saturated carbocycles. The van der Waals surface area contributed by atoms with Gasteiger partial charge in [-0.15, -0.1) is 0 Å². The van der Waals surface area contributed by atoms with Crippen molar-refractivity contribution in [2.75, 3.05) is 6.54 Å². The van der Waals surface area contributed by atoms with E-state index in [0.29, 0.717) is 30.8 Å². The SMILES string of the molecule is CC(C)(CNC(=O)[C@@H]1CC[C@H](C(=O)O)C1)c1ccc(Cl)cc1. The second-order valence-electron chi connectivity index (χ2n) is 6.65. The summed E-state index contributed by atoms with van der Waals surface area (Å²) >= 11 is 5.90. The summed E-state index contributed by atoms with van der Waals surface area (Å²) in [5.74, 6) is -1.38. The lowest BCUT2D eigenvalue weighted by atomic mass is 9.84. The second kappa shape index (κ2) is 6.69. The first kappa shape index (κ1) is 16.8. The van der Waals surface area contributed by atoms with E-state index in [1.54, 1.807) is 0 Å². The highest BCUT2D eigenvalue weighted by Crippen LogP contribution is 2.31. The lowest BCUT2D eigenvalue weighted by Gasteiger charge is -2.26. The molecule has 0 spiro atoms. The summed E-state index contributed by atoms with van der Waals surface area (Å²) in [6.07, 6.45) is 1.70. The molecule has 0 radical (unpaired) electrons. The van der Waals surface area contributed by atoms with Crippen molar-refractivity contribution in [1.29, 1.82) is 0 Å². The monoisotopic (exact) mass is 323 g/mol. The molecule has 1 aliphatic carbocycles. The molecular formula is C17H22ClNO3. The van der Waals surface area contributed by atoms with Crippen LogP contribution in [-0.2, 0) is 15.0 Å². The fourth-order valence-electron chi connectivity index (χ4n) is 2.90. The highest BCUT2D eigenvalue weighted by Gasteiger charge is 2.34. The first-order valence-electron chi connectivity index (χ1n) is 7.56. The summed E-state index contributed by atoms with van der Waals surface area (Å²) in [5, 5.41) is 12.7. The minimum atomic E-state index is -0.795. The number of halogens is 1. The Balaban J connectivity index is 1.90. The fraction of sp³-hybridized carbons (Fsp3) is 0.529. The highest BCUT2D eigenvalue weighted by atomic mass is 35.5. The Morgan fingerprint density at radius 3 is 2.36 bits per heavy atom. The van der Waals surface area contributed by atoms with Gasteiger partial charge in [-0.2, -0.15) is 0 Å². The van der Waals surface area contributed by atoms with E-state index in [2.05, 4.69) is 19.2 Å². The third-order valence-corrected chi connectivity index (χ3v) is 4.73. The Morgan fingerprint density at radius 2 is 1.82 bits per heavy atom. The van der Waals surface area contributed by atoms with Gasteiger partial charge < -0.3 is 10.4 Å². The van der Waals surface area contributed by atoms with Crippen LogP contribution in [0.4, 0.5) is 0 Å². The van der Waals surface area contributed by atoms with Gasteiger partial charge in [0.05, 0.1) is 5.92 Å². The number of carboxylic acid groups (broad SMARTS) is 1. The van der Waals surface area contributed by atoms with E-state index < -0.39 is 5.97 Å². The standard InChI is InChI=1S/C17H22ClNO3/c1-17(2,13-5-7-14(18)8-6-13)10-19-15(20)11-3-4-12(9-11)16(21)22/h5-8,11-12H,3-4,9-10H2,1-2H3,(H,19,20)(H,21,22)/t11-,12+/m1/s1. The molecule has 1 amide bonds. The van der Waals surface area contributed by atoms with E-state index >= 15 is 0 Å². The summed E-state index contributed by atoms with van der Waals surface area (Å²) in [5.41, 5.74) is 0.900. The number of carboxylic acids is 1. The molecule has 0 saturated heterocycles. The highest BCUT2D eigenvalue weighted by molar-refractivity contribution is 6.30. The molecule has 2 N–H and O–H groups in total. The second-order valence-corrected chi connectivity index (χ2v) is 7.09. The molecule has 0 heterocycles. The minimum absolute atomic E-state index is 0.0363. The normalized spacial score (nSPS) is 21.6. The molecule has 0 unspecified atom stereocenters. The van der Waals surface area contributed by atoms with Crippen LogP contribution in [-0.4, -0.2) is 23.5 Å². The molecule has 1 aromatic carbocycles. The van der Waals surface area contributed by atoms with Crippen LogP contribution in [0.1, 0.15) is 38.7 Å². The summed E-state index contributed by atoms with van der Waals surface area (Å²) < 4.78 is 0. The first-order valence-corrected chi connectivity index (χ1v) is 7.94. The molecule has 0 bridgehead atoms. The number of amides is 1. The van der Waals surface area contributed by atoms with Crippen molar-refractivity contribution < 1.29 is 14.7 Å². The van der Waals surface area contributed by atoms with Crippen LogP contribution in [0.5, 0.6) is 0 Å². The Labute approximate surface area is 135 Å². The van der Waals surface area contributed by atoms with Gasteiger partial charge in [0.25, 0.3) is 0 Å². The number of carbonyl (C=O) groups is 2. The van der Waals surface area contributed by atoms with E-state index in [1.807, 2.05) is 24.3 Å². The number of hydrogen-bond acceptors (Lipinski definition) is 2. The quantitative estimate of drug-likeness (QED) is 0.874. The maximum Gasteiger partial charge on any atom is 0.306 e. The van der Waals surface area contributed by atoms with Gasteiger partial charge in [-0.25, -0.2) is 0 Å². The summed E-state index contributed by atoms with van der Waals surface area (Å²) in [6.45, 7) is 4.64. The molecule has 4 nitrogen and oxygen atoms in total. The van der Waals surface area contributed by atoms with Gasteiger partial charge in [-0.3, -0.25) is 9.59 Å². The largest absolute Gasteiger partial charge is 0.481 e. The molecule has 1 aromatic rings. The molecular weight excluding hydrogens is 302 g/mol. The number of carbonyl (C=O) groups excluding carboxylic acids is 1. The number of rotatable bonds is 5. The molecule has 5 heteroatoms. The zero-order valence-corrected chi connectivity index (χ0v) is 13.7. The van der Waals surface area contributed by atoms with Crippen LogP contribution in [0.3, 0.4) is 0 Å². The maximum atomic E-state index is 12.2. The van der Waals surface area contributed by atoms with E-state index in [-0.39, 0.29) is 23.2 Å². The minimum Gasteiger partial charge on any atom is -0.481 e. The average molecular weight is 324 g/mol. The van der Waals surface area contributed by atoms with E-state index in [4.69, 9.17) is 16.7 Å². The molecule has 0 aromatic heterocycles. The van der Waals surface area contributed by atoms with E-state index in [9.17, 15) is 9.59 Å². The van der Waals surface area contributed by atoms with Crippen molar-refractivity contribution >= 4 is 23.5 Å². The number of hydrogen-bond donors (Lipinski definition) is 2. The van der Waals surface area contributed by atoms with Crippen LogP contribution in [0.25, 0.3) is 0 Å². The molecule has 2 atom stereocenters. The van der Waals surface area contributed by atoms with Crippen LogP contribution in [0.2, 0.25) is 5.02 Å². The summed E-state index contributed by atoms with van der Waals surface area (Å²) in [6, 6.07) is 7.61. The third kappa shape index (κ3) is 4.01. The Kier molecular flexibility index (Phi) is 5.12. The first-order chi connectivity index (χ1) is 10.3. The molecule has 22 heavy (non-hydrogen) atoms. The van der Waals surface area contributed by atoms with Crippen molar-refractivity contribution in [3.8, 4) is 0 Å². The van der Waals surface area contributed by atoms with Crippen molar-refractivity contribution in [3.63, 3.8) is 0 Å². The van der Waals surface area contributed by atoms with Crippen LogP contribution < -0.4 is 5.32 Å². The predicted molar refractivity (Wildman–Crippen MR) is 86.0 cm³/mol. The van der Waals surface area contributed by atoms with Gasteiger partial charge >= 0.3 is 5.97 Å². The summed E-state index contributed by atoms with van der Waals surface area (Å²) in [7, 11) is 0. The lowest BCUT2D eigenvalue weighted by molar-refractivity contribution is -0.141. The predicted octanol–water partition coefficient (Wildman–Crippen LogP) is 3.23. The Hall–Kier alpha value is -1.55. The number of aliphatic carboxylic acids is 1. The van der Waals surface area contributed by atoms with Crippen LogP contribution >= 0.6 is 11.6 Å². The zero-order chi connectivity index (χ0) is 16.3. The molecule has 2 rings (SSSR count). The van der Waals surface area contributed by atoms with Crippen LogP contribution in [0.15, 0.2) is 24.3 Å². The smallest absolute Gasteiger partial charge is 0.306 e. The Bertz CT molecular complexity index is 554. The van der Waals surface area contributed by atoms with E-state index in [1.165, 1.54) is 0 Å². The molecule has 0 aliphatic heterocycles. The molecule has 120 valence electrons. The Morgan fingerprint density at radius 1 is 1.23 bits per heavy atom. The van der Waals surface area contributed by atoms with Gasteiger partial charge in [0.2, 0.25) is 5.91 Å². The van der Waals surface area contributed by atoms with Gasteiger partial charge in [-0.1, -0.05) is 37.6 Å². The van der Waals surface area contributed by atoms with Gasteiger partial charge in [-0.05, 0) is 37.0 Å². The van der Waals surface area contributed by atoms with Gasteiger partial charge in [0, 0.05) is 22.9 Å². The van der Waals surface area contributed by atoms with Crippen LogP contribution in [0, 0.1) is 11.8 Å². The fourth-order valence-corrected chi connectivity index (χ4v) is 3.03. The van der Waals surface area contributed by atoms with Crippen molar-refractivity contribution in [2.45, 2.75) is 38.5 Å². The lowest BCUT2D eigenvalue weighted by Crippen LogP contribution is -2.39. The van der Waals surface area contributed by atoms with Crippen molar-refractivity contribution in [1.82, 2.24) is 5.32 Å².